The molecule has 0 radical (unpaired) electrons. The maximum absolute atomic E-state index is 12.6. The molecule has 1 unspecified atom stereocenters. The number of imidazole rings is 1. The molecule has 3 aromatic rings. The smallest absolute Gasteiger partial charge is 0.343 e. The Kier molecular flexibility index (Phi) is 6.03. The molecule has 2 aromatic heterocycles. The van der Waals surface area contributed by atoms with Gasteiger partial charge in [-0.15, -0.1) is 11.3 Å². The highest BCUT2D eigenvalue weighted by atomic mass is 32.1. The monoisotopic (exact) mass is 470 g/mol. The number of aliphatic hydroxyl groups is 2. The highest BCUT2D eigenvalue weighted by molar-refractivity contribution is 7.20. The van der Waals surface area contributed by atoms with Gasteiger partial charge in [-0.1, -0.05) is 25.3 Å². The number of fused-ring (bicyclic) bond motifs is 1. The average molecular weight is 471 g/mol. The molecule has 1 saturated carbocycles. The molecule has 4 N–H and O–H groups in total. The van der Waals surface area contributed by atoms with Gasteiger partial charge in [0.05, 0.1) is 35.0 Å². The lowest BCUT2D eigenvalue weighted by atomic mass is 9.95. The summed E-state index contributed by atoms with van der Waals surface area (Å²) >= 11 is 1.44. The highest BCUT2D eigenvalue weighted by Crippen LogP contribution is 2.46. The highest BCUT2D eigenvalue weighted by Gasteiger charge is 2.33. The minimum Gasteiger partial charge on any atom is -0.465 e. The predicted molar refractivity (Wildman–Crippen MR) is 129 cm³/mol. The van der Waals surface area contributed by atoms with Crippen molar-refractivity contribution < 1.29 is 19.7 Å². The van der Waals surface area contributed by atoms with Crippen LogP contribution in [0.25, 0.3) is 21.5 Å². The third-order valence-corrected chi connectivity index (χ3v) is 8.37. The van der Waals surface area contributed by atoms with Crippen molar-refractivity contribution in [2.45, 2.75) is 50.9 Å². The molecule has 3 heterocycles. The summed E-state index contributed by atoms with van der Waals surface area (Å²) in [6, 6.07) is 6.67. The lowest BCUT2D eigenvalue weighted by Gasteiger charge is -2.23. The van der Waals surface area contributed by atoms with Crippen molar-refractivity contribution in [1.82, 2.24) is 9.55 Å². The van der Waals surface area contributed by atoms with Crippen LogP contribution in [0.1, 0.15) is 54.9 Å². The van der Waals surface area contributed by atoms with Gasteiger partial charge in [-0.05, 0) is 37.0 Å². The Morgan fingerprint density at radius 1 is 1.24 bits per heavy atom. The fourth-order valence-electron chi connectivity index (χ4n) is 5.21. The first-order chi connectivity index (χ1) is 16.0. The average Bonchev–Trinajstić information content (AvgIpc) is 3.55. The Morgan fingerprint density at radius 2 is 2.03 bits per heavy atom. The van der Waals surface area contributed by atoms with Crippen molar-refractivity contribution in [2.24, 2.45) is 5.92 Å². The number of aliphatic hydroxyl groups excluding tert-OH is 1. The molecule has 5 rings (SSSR count). The van der Waals surface area contributed by atoms with Crippen molar-refractivity contribution in [3.8, 4) is 10.4 Å². The molecule has 9 heteroatoms. The number of carbonyl (C=O) groups is 1. The van der Waals surface area contributed by atoms with E-state index >= 15 is 0 Å². The molecule has 1 aliphatic carbocycles. The first-order valence-corrected chi connectivity index (χ1v) is 12.4. The third kappa shape index (κ3) is 3.98. The fourth-order valence-corrected chi connectivity index (χ4v) is 6.45. The molecule has 8 nitrogen and oxygen atoms in total. The molecule has 0 spiro atoms. The Morgan fingerprint density at radius 3 is 2.73 bits per heavy atom. The number of nitrogen functional groups attached to an aromatic ring is 1. The van der Waals surface area contributed by atoms with Crippen molar-refractivity contribution >= 4 is 39.0 Å². The standard InChI is InChI=1S/C24H30N4O4S/c1-32-24(31)19-20(25)21(33-22(19)27-10-9-15(12-27)23(29)30)14-7-8-18-17(11-14)26-13-28(18)16-5-3-2-4-6-16/h7-8,11,13,15-16,23,29-30H,2-6,9-10,12,25H2,1H3. The number of hydrogen-bond acceptors (Lipinski definition) is 8. The van der Waals surface area contributed by atoms with Gasteiger partial charge in [0.2, 0.25) is 0 Å². The molecule has 1 saturated heterocycles. The van der Waals surface area contributed by atoms with Crippen molar-refractivity contribution in [1.29, 1.82) is 0 Å². The van der Waals surface area contributed by atoms with E-state index in [-0.39, 0.29) is 5.92 Å². The van der Waals surface area contributed by atoms with E-state index in [0.29, 0.717) is 41.8 Å². The lowest BCUT2D eigenvalue weighted by molar-refractivity contribution is -0.0771. The first kappa shape index (κ1) is 22.2. The summed E-state index contributed by atoms with van der Waals surface area (Å²) < 4.78 is 7.33. The third-order valence-electron chi connectivity index (χ3n) is 7.05. The number of ether oxygens (including phenoxy) is 1. The van der Waals surface area contributed by atoms with Crippen LogP contribution < -0.4 is 10.6 Å². The van der Waals surface area contributed by atoms with Gasteiger partial charge >= 0.3 is 5.97 Å². The van der Waals surface area contributed by atoms with E-state index in [1.165, 1.54) is 50.6 Å². The summed E-state index contributed by atoms with van der Waals surface area (Å²) in [5, 5.41) is 19.9. The molecule has 1 atom stereocenters. The zero-order valence-corrected chi connectivity index (χ0v) is 19.6. The van der Waals surface area contributed by atoms with Crippen molar-refractivity contribution in [3.63, 3.8) is 0 Å². The summed E-state index contributed by atoms with van der Waals surface area (Å²) in [4.78, 5) is 20.1. The summed E-state index contributed by atoms with van der Waals surface area (Å²) in [5.74, 6) is -0.747. The van der Waals surface area contributed by atoms with E-state index in [4.69, 9.17) is 10.5 Å². The van der Waals surface area contributed by atoms with Crippen molar-refractivity contribution in [3.05, 3.63) is 30.1 Å². The summed E-state index contributed by atoms with van der Waals surface area (Å²) in [6.07, 6.45) is 7.41. The number of thiophene rings is 1. The van der Waals surface area contributed by atoms with Crippen LogP contribution in [0.5, 0.6) is 0 Å². The molecule has 0 amide bonds. The maximum Gasteiger partial charge on any atom is 0.343 e. The van der Waals surface area contributed by atoms with Crippen LogP contribution in [0.3, 0.4) is 0 Å². The largest absolute Gasteiger partial charge is 0.465 e. The van der Waals surface area contributed by atoms with Crippen LogP contribution in [0.15, 0.2) is 24.5 Å². The molecular formula is C24H30N4O4S. The summed E-state index contributed by atoms with van der Waals surface area (Å²) in [6.45, 7) is 1.07. The Hall–Kier alpha value is -2.62. The van der Waals surface area contributed by atoms with E-state index < -0.39 is 12.3 Å². The molecule has 1 aliphatic heterocycles. The number of methoxy groups -OCH3 is 1. The SMILES string of the molecule is COC(=O)c1c(N2CCC(C(O)O)C2)sc(-c2ccc3c(c2)ncn3C2CCCCC2)c1N. The molecule has 33 heavy (non-hydrogen) atoms. The van der Waals surface area contributed by atoms with Gasteiger partial charge in [0.15, 0.2) is 6.29 Å². The van der Waals surface area contributed by atoms with Gasteiger partial charge in [-0.25, -0.2) is 9.78 Å². The van der Waals surface area contributed by atoms with Crippen LogP contribution in [0.4, 0.5) is 10.7 Å². The maximum atomic E-state index is 12.6. The number of esters is 1. The second-order valence-corrected chi connectivity index (χ2v) is 10.1. The quantitative estimate of drug-likeness (QED) is 0.384. The number of hydrogen-bond donors (Lipinski definition) is 3. The Balaban J connectivity index is 1.52. The molecule has 1 aromatic carbocycles. The Labute approximate surface area is 196 Å². The number of nitrogens with zero attached hydrogens (tertiary/aromatic N) is 3. The molecular weight excluding hydrogens is 440 g/mol. The van der Waals surface area contributed by atoms with Gasteiger partial charge in [0, 0.05) is 25.0 Å². The number of rotatable bonds is 5. The first-order valence-electron chi connectivity index (χ1n) is 11.6. The van der Waals surface area contributed by atoms with Crippen LogP contribution in [-0.2, 0) is 4.74 Å². The Bertz CT molecular complexity index is 1160. The number of nitrogens with two attached hydrogens (primary N) is 1. The number of aromatic nitrogens is 2. The normalized spacial score (nSPS) is 19.6. The van der Waals surface area contributed by atoms with Gasteiger partial charge in [-0.3, -0.25) is 0 Å². The van der Waals surface area contributed by atoms with Gasteiger partial charge < -0.3 is 30.2 Å². The molecule has 176 valence electrons. The molecule has 2 aliphatic rings. The molecule has 2 fully saturated rings. The van der Waals surface area contributed by atoms with E-state index in [9.17, 15) is 15.0 Å². The second-order valence-electron chi connectivity index (χ2n) is 9.07. The van der Waals surface area contributed by atoms with E-state index in [1.54, 1.807) is 0 Å². The summed E-state index contributed by atoms with van der Waals surface area (Å²) in [7, 11) is 1.34. The topological polar surface area (TPSA) is 114 Å². The van der Waals surface area contributed by atoms with Crippen molar-refractivity contribution in [2.75, 3.05) is 30.8 Å². The second kappa shape index (κ2) is 8.96. The number of carbonyl (C=O) groups excluding carboxylic acids is 1. The zero-order chi connectivity index (χ0) is 23.1. The lowest BCUT2D eigenvalue weighted by Crippen LogP contribution is -2.26. The number of benzene rings is 1. The van der Waals surface area contributed by atoms with Gasteiger partial charge in [-0.2, -0.15) is 0 Å². The van der Waals surface area contributed by atoms with Crippen LogP contribution in [0, 0.1) is 5.92 Å². The van der Waals surface area contributed by atoms with E-state index in [0.717, 1.165) is 21.5 Å². The minimum absolute atomic E-state index is 0.262. The minimum atomic E-state index is -1.38. The summed E-state index contributed by atoms with van der Waals surface area (Å²) in [5.41, 5.74) is 10.2. The molecule has 0 bridgehead atoms. The van der Waals surface area contributed by atoms with Gasteiger partial charge in [0.1, 0.15) is 10.6 Å². The predicted octanol–water partition coefficient (Wildman–Crippen LogP) is 3.78. The van der Waals surface area contributed by atoms with Crippen LogP contribution >= 0.6 is 11.3 Å². The van der Waals surface area contributed by atoms with E-state index in [1.807, 2.05) is 23.4 Å². The van der Waals surface area contributed by atoms with Gasteiger partial charge in [0.25, 0.3) is 0 Å². The van der Waals surface area contributed by atoms with Crippen LogP contribution in [-0.4, -0.2) is 52.2 Å². The fraction of sp³-hybridized carbons (Fsp3) is 0.500. The number of anilines is 2. The zero-order valence-electron chi connectivity index (χ0n) is 18.7. The van der Waals surface area contributed by atoms with E-state index in [2.05, 4.69) is 15.6 Å². The van der Waals surface area contributed by atoms with Crippen LogP contribution in [0.2, 0.25) is 0 Å².